The summed E-state index contributed by atoms with van der Waals surface area (Å²) in [5.74, 6) is -1.44. The molecule has 8 heteroatoms. The summed E-state index contributed by atoms with van der Waals surface area (Å²) >= 11 is 0. The van der Waals surface area contributed by atoms with Gasteiger partial charge in [-0.3, -0.25) is 0 Å². The number of aromatic carboxylic acids is 1. The summed E-state index contributed by atoms with van der Waals surface area (Å²) in [6, 6.07) is 1.67. The number of carboxylic acid groups (broad SMARTS) is 1. The molecule has 0 saturated heterocycles. The van der Waals surface area contributed by atoms with Crippen LogP contribution in [0.15, 0.2) is 12.1 Å². The molecule has 2 rings (SSSR count). The highest BCUT2D eigenvalue weighted by Crippen LogP contribution is 2.35. The Morgan fingerprint density at radius 3 is 2.62 bits per heavy atom. The molecule has 21 heavy (non-hydrogen) atoms. The van der Waals surface area contributed by atoms with Gasteiger partial charge in [-0.15, -0.1) is 0 Å². The molecule has 1 saturated carbocycles. The Labute approximate surface area is 119 Å². The van der Waals surface area contributed by atoms with Gasteiger partial charge in [0.05, 0.1) is 6.61 Å². The average molecular weight is 304 g/mol. The number of aromatic nitrogens is 1. The molecule has 1 N–H and O–H groups in total. The van der Waals surface area contributed by atoms with Crippen LogP contribution in [-0.2, 0) is 10.9 Å². The Bertz CT molecular complexity index is 530. The Hall–Kier alpha value is -1.83. The number of methoxy groups -OCH3 is 1. The van der Waals surface area contributed by atoms with Crippen LogP contribution >= 0.6 is 0 Å². The lowest BCUT2D eigenvalue weighted by atomic mass is 10.2. The maximum Gasteiger partial charge on any atom is 0.433 e. The van der Waals surface area contributed by atoms with Crippen LogP contribution in [0.25, 0.3) is 0 Å². The van der Waals surface area contributed by atoms with Crippen molar-refractivity contribution in [1.29, 1.82) is 0 Å². The molecular weight excluding hydrogens is 289 g/mol. The molecule has 0 aliphatic heterocycles. The normalized spacial score (nSPS) is 15.0. The molecule has 1 heterocycles. The average Bonchev–Trinajstić information content (AvgIpc) is 3.22. The van der Waals surface area contributed by atoms with E-state index in [0.29, 0.717) is 12.6 Å². The van der Waals surface area contributed by atoms with E-state index in [4.69, 9.17) is 9.84 Å². The minimum Gasteiger partial charge on any atom is -0.478 e. The Morgan fingerprint density at radius 1 is 1.48 bits per heavy atom. The molecule has 0 amide bonds. The molecule has 5 nitrogen and oxygen atoms in total. The second-order valence-electron chi connectivity index (χ2n) is 4.79. The zero-order valence-electron chi connectivity index (χ0n) is 11.4. The fourth-order valence-electron chi connectivity index (χ4n) is 2.03. The van der Waals surface area contributed by atoms with Gasteiger partial charge in [0.15, 0.2) is 0 Å². The minimum atomic E-state index is -4.61. The van der Waals surface area contributed by atoms with Gasteiger partial charge in [-0.25, -0.2) is 9.78 Å². The van der Waals surface area contributed by atoms with Gasteiger partial charge in [0, 0.05) is 19.7 Å². The van der Waals surface area contributed by atoms with E-state index in [9.17, 15) is 18.0 Å². The zero-order valence-corrected chi connectivity index (χ0v) is 11.4. The first-order chi connectivity index (χ1) is 9.84. The third-order valence-electron chi connectivity index (χ3n) is 3.19. The number of halogens is 3. The summed E-state index contributed by atoms with van der Waals surface area (Å²) in [5.41, 5.74) is -1.32. The van der Waals surface area contributed by atoms with E-state index in [0.717, 1.165) is 18.9 Å². The maximum atomic E-state index is 12.8. The number of pyridine rings is 1. The largest absolute Gasteiger partial charge is 0.478 e. The molecule has 116 valence electrons. The van der Waals surface area contributed by atoms with Crippen molar-refractivity contribution in [3.8, 4) is 0 Å². The van der Waals surface area contributed by atoms with Crippen LogP contribution in [0.3, 0.4) is 0 Å². The predicted molar refractivity (Wildman–Crippen MR) is 68.4 cm³/mol. The van der Waals surface area contributed by atoms with Crippen molar-refractivity contribution >= 4 is 11.8 Å². The third kappa shape index (κ3) is 3.63. The summed E-state index contributed by atoms with van der Waals surface area (Å²) in [5, 5.41) is 9.16. The van der Waals surface area contributed by atoms with Crippen LogP contribution in [0.2, 0.25) is 0 Å². The number of anilines is 1. The van der Waals surface area contributed by atoms with E-state index in [-0.39, 0.29) is 24.0 Å². The summed E-state index contributed by atoms with van der Waals surface area (Å²) in [4.78, 5) is 16.4. The van der Waals surface area contributed by atoms with Crippen LogP contribution in [0.5, 0.6) is 0 Å². The van der Waals surface area contributed by atoms with E-state index in [1.54, 1.807) is 4.90 Å². The Kier molecular flexibility index (Phi) is 4.36. The zero-order chi connectivity index (χ0) is 15.6. The van der Waals surface area contributed by atoms with Gasteiger partial charge in [0.2, 0.25) is 0 Å². The molecule has 1 aliphatic rings. The highest BCUT2D eigenvalue weighted by atomic mass is 19.4. The van der Waals surface area contributed by atoms with Crippen molar-refractivity contribution in [3.05, 3.63) is 23.4 Å². The smallest absolute Gasteiger partial charge is 0.433 e. The second-order valence-corrected chi connectivity index (χ2v) is 4.79. The number of ether oxygens (including phenoxy) is 1. The number of hydrogen-bond donors (Lipinski definition) is 1. The van der Waals surface area contributed by atoms with Gasteiger partial charge in [0.25, 0.3) is 0 Å². The van der Waals surface area contributed by atoms with E-state index >= 15 is 0 Å². The molecule has 0 radical (unpaired) electrons. The van der Waals surface area contributed by atoms with Crippen LogP contribution in [0.1, 0.15) is 28.9 Å². The summed E-state index contributed by atoms with van der Waals surface area (Å²) in [6.45, 7) is 0.587. The maximum absolute atomic E-state index is 12.8. The molecule has 1 fully saturated rings. The number of alkyl halides is 3. The van der Waals surface area contributed by atoms with E-state index in [1.807, 2.05) is 0 Å². The molecule has 0 unspecified atom stereocenters. The lowest BCUT2D eigenvalue weighted by Crippen LogP contribution is -2.32. The summed E-state index contributed by atoms with van der Waals surface area (Å²) in [6.07, 6.45) is -3.00. The topological polar surface area (TPSA) is 62.7 Å². The molecule has 0 atom stereocenters. The number of carbonyl (C=O) groups is 1. The molecule has 0 bridgehead atoms. The number of carboxylic acids is 1. The molecule has 0 spiro atoms. The fraction of sp³-hybridized carbons (Fsp3) is 0.538. The first-order valence-electron chi connectivity index (χ1n) is 6.41. The Balaban J connectivity index is 2.43. The number of nitrogens with zero attached hydrogens (tertiary/aromatic N) is 2. The first-order valence-corrected chi connectivity index (χ1v) is 6.41. The van der Waals surface area contributed by atoms with Crippen molar-refractivity contribution in [2.45, 2.75) is 25.1 Å². The Morgan fingerprint density at radius 2 is 2.14 bits per heavy atom. The van der Waals surface area contributed by atoms with Crippen molar-refractivity contribution in [2.75, 3.05) is 25.2 Å². The second kappa shape index (κ2) is 5.88. The lowest BCUT2D eigenvalue weighted by molar-refractivity contribution is -0.141. The molecule has 1 aliphatic carbocycles. The van der Waals surface area contributed by atoms with Crippen LogP contribution in [-0.4, -0.2) is 42.4 Å². The lowest BCUT2D eigenvalue weighted by Gasteiger charge is -2.25. The van der Waals surface area contributed by atoms with Crippen molar-refractivity contribution in [1.82, 2.24) is 4.98 Å². The van der Waals surface area contributed by atoms with E-state index < -0.39 is 17.8 Å². The van der Waals surface area contributed by atoms with Crippen LogP contribution in [0, 0.1) is 0 Å². The highest BCUT2D eigenvalue weighted by Gasteiger charge is 2.37. The van der Waals surface area contributed by atoms with Crippen molar-refractivity contribution in [3.63, 3.8) is 0 Å². The highest BCUT2D eigenvalue weighted by molar-refractivity contribution is 5.93. The number of rotatable bonds is 6. The van der Waals surface area contributed by atoms with Gasteiger partial charge >= 0.3 is 12.1 Å². The monoisotopic (exact) mass is 304 g/mol. The molecule has 1 aromatic rings. The standard InChI is InChI=1S/C13H15F3N2O3/c1-21-7-6-18(8-2-3-8)11-9(12(19)20)4-5-10(17-11)13(14,15)16/h4-5,8H,2-3,6-7H2,1H3,(H,19,20). The van der Waals surface area contributed by atoms with E-state index in [2.05, 4.69) is 4.98 Å². The molecule has 0 aromatic carbocycles. The van der Waals surface area contributed by atoms with Gasteiger partial charge in [-0.1, -0.05) is 0 Å². The van der Waals surface area contributed by atoms with E-state index in [1.165, 1.54) is 7.11 Å². The van der Waals surface area contributed by atoms with Crippen molar-refractivity contribution in [2.24, 2.45) is 0 Å². The summed E-state index contributed by atoms with van der Waals surface area (Å²) < 4.78 is 43.3. The van der Waals surface area contributed by atoms with Crippen LogP contribution in [0.4, 0.5) is 19.0 Å². The van der Waals surface area contributed by atoms with Crippen molar-refractivity contribution < 1.29 is 27.8 Å². The predicted octanol–water partition coefficient (Wildman–Crippen LogP) is 2.41. The van der Waals surface area contributed by atoms with Gasteiger partial charge in [-0.2, -0.15) is 13.2 Å². The van der Waals surface area contributed by atoms with Gasteiger partial charge < -0.3 is 14.7 Å². The number of hydrogen-bond acceptors (Lipinski definition) is 4. The van der Waals surface area contributed by atoms with Crippen LogP contribution < -0.4 is 4.90 Å². The summed E-state index contributed by atoms with van der Waals surface area (Å²) in [7, 11) is 1.47. The van der Waals surface area contributed by atoms with Gasteiger partial charge in [-0.05, 0) is 25.0 Å². The molecule has 1 aromatic heterocycles. The minimum absolute atomic E-state index is 0.0224. The quantitative estimate of drug-likeness (QED) is 0.874. The molecular formula is C13H15F3N2O3. The van der Waals surface area contributed by atoms with Gasteiger partial charge in [0.1, 0.15) is 17.1 Å². The first kappa shape index (κ1) is 15.6. The fourth-order valence-corrected chi connectivity index (χ4v) is 2.03. The SMILES string of the molecule is COCCN(c1nc(C(F)(F)F)ccc1C(=O)O)C1CC1. The third-order valence-corrected chi connectivity index (χ3v) is 3.19.